The number of carboxylic acid groups (broad SMARTS) is 1. The average molecular weight is 326 g/mol. The van der Waals surface area contributed by atoms with Crippen LogP contribution in [0.15, 0.2) is 59.7 Å². The molecule has 124 valence electrons. The van der Waals surface area contributed by atoms with Gasteiger partial charge in [0.15, 0.2) is 0 Å². The topological polar surface area (TPSA) is 88.0 Å². The number of aliphatic carboxylic acids is 1. The molecule has 0 unspecified atom stereocenters. The molecule has 2 rings (SSSR count). The first-order valence-corrected chi connectivity index (χ1v) is 7.38. The summed E-state index contributed by atoms with van der Waals surface area (Å²) in [6.07, 6.45) is 0.161. The minimum Gasteiger partial charge on any atom is -0.497 e. The predicted octanol–water partition coefficient (Wildman–Crippen LogP) is 2.69. The monoisotopic (exact) mass is 326 g/mol. The average Bonchev–Trinajstić information content (AvgIpc) is 2.62. The Balaban J connectivity index is 2.13. The first-order valence-electron chi connectivity index (χ1n) is 7.38. The van der Waals surface area contributed by atoms with Crippen LogP contribution in [0.4, 0.5) is 0 Å². The van der Waals surface area contributed by atoms with Gasteiger partial charge in [0.1, 0.15) is 5.75 Å². The van der Waals surface area contributed by atoms with Crippen LogP contribution >= 0.6 is 0 Å². The molecular weight excluding hydrogens is 308 g/mol. The van der Waals surface area contributed by atoms with Crippen molar-refractivity contribution in [1.29, 1.82) is 0 Å². The zero-order chi connectivity index (χ0) is 17.4. The molecule has 0 aliphatic rings. The second-order valence-electron chi connectivity index (χ2n) is 4.99. The maximum Gasteiger partial charge on any atom is 0.303 e. The van der Waals surface area contributed by atoms with Crippen LogP contribution in [-0.2, 0) is 4.79 Å². The van der Waals surface area contributed by atoms with Gasteiger partial charge in [0.25, 0.3) is 5.91 Å². The smallest absolute Gasteiger partial charge is 0.303 e. The van der Waals surface area contributed by atoms with E-state index in [9.17, 15) is 9.59 Å². The molecule has 0 radical (unpaired) electrons. The number of carbonyl (C=O) groups excluding carboxylic acids is 1. The highest BCUT2D eigenvalue weighted by molar-refractivity contribution is 6.03. The van der Waals surface area contributed by atoms with E-state index >= 15 is 0 Å². The fourth-order valence-corrected chi connectivity index (χ4v) is 2.05. The molecule has 2 N–H and O–H groups in total. The zero-order valence-electron chi connectivity index (χ0n) is 13.2. The molecule has 0 bridgehead atoms. The molecule has 2 aromatic rings. The third-order valence-corrected chi connectivity index (χ3v) is 3.33. The van der Waals surface area contributed by atoms with Gasteiger partial charge in [-0.15, -0.1) is 0 Å². The molecule has 0 atom stereocenters. The Kier molecular flexibility index (Phi) is 6.08. The molecule has 6 heteroatoms. The van der Waals surface area contributed by atoms with Crippen LogP contribution in [0.1, 0.15) is 28.8 Å². The van der Waals surface area contributed by atoms with Gasteiger partial charge in [0.2, 0.25) is 0 Å². The van der Waals surface area contributed by atoms with E-state index in [0.717, 1.165) is 5.56 Å². The summed E-state index contributed by atoms with van der Waals surface area (Å²) in [4.78, 5) is 22.9. The summed E-state index contributed by atoms with van der Waals surface area (Å²) in [7, 11) is 1.55. The van der Waals surface area contributed by atoms with Gasteiger partial charge in [-0.1, -0.05) is 30.3 Å². The lowest BCUT2D eigenvalue weighted by atomic mass is 10.1. The number of methoxy groups -OCH3 is 1. The molecule has 0 saturated heterocycles. The number of amides is 1. The van der Waals surface area contributed by atoms with Crippen molar-refractivity contribution in [3.05, 3.63) is 65.7 Å². The maximum absolute atomic E-state index is 12.1. The van der Waals surface area contributed by atoms with E-state index in [2.05, 4.69) is 10.5 Å². The van der Waals surface area contributed by atoms with E-state index in [1.54, 1.807) is 31.4 Å². The number of hydrogen-bond acceptors (Lipinski definition) is 4. The number of ether oxygens (including phenoxy) is 1. The van der Waals surface area contributed by atoms with Crippen LogP contribution in [0.3, 0.4) is 0 Å². The van der Waals surface area contributed by atoms with Crippen LogP contribution in [0.25, 0.3) is 0 Å². The van der Waals surface area contributed by atoms with Gasteiger partial charge in [-0.3, -0.25) is 9.59 Å². The highest BCUT2D eigenvalue weighted by Crippen LogP contribution is 2.11. The summed E-state index contributed by atoms with van der Waals surface area (Å²) in [6.45, 7) is 0. The molecule has 0 saturated carbocycles. The summed E-state index contributed by atoms with van der Waals surface area (Å²) in [6, 6.07) is 15.8. The molecule has 0 fully saturated rings. The number of hydrogen-bond donors (Lipinski definition) is 2. The standard InChI is InChI=1S/C18H18N2O4/c1-24-15-9-7-14(8-10-15)18(23)20-19-16(11-12-17(21)22)13-5-3-2-4-6-13/h2-10H,11-12H2,1H3,(H,20,23)(H,21,22)/b19-16-. The fraction of sp³-hybridized carbons (Fsp3) is 0.167. The molecule has 0 heterocycles. The summed E-state index contributed by atoms with van der Waals surface area (Å²) in [5.41, 5.74) is 4.20. The van der Waals surface area contributed by atoms with E-state index in [0.29, 0.717) is 17.0 Å². The van der Waals surface area contributed by atoms with Gasteiger partial charge >= 0.3 is 5.97 Å². The first kappa shape index (κ1) is 17.2. The van der Waals surface area contributed by atoms with Gasteiger partial charge in [-0.05, 0) is 29.8 Å². The second kappa shape index (κ2) is 8.47. The normalized spacial score (nSPS) is 11.0. The molecule has 6 nitrogen and oxygen atoms in total. The van der Waals surface area contributed by atoms with Crippen LogP contribution in [0.5, 0.6) is 5.75 Å². The quantitative estimate of drug-likeness (QED) is 0.605. The Morgan fingerprint density at radius 2 is 1.67 bits per heavy atom. The van der Waals surface area contributed by atoms with Gasteiger partial charge in [-0.25, -0.2) is 5.43 Å². The van der Waals surface area contributed by atoms with Crippen LogP contribution in [0, 0.1) is 0 Å². The minimum absolute atomic E-state index is 0.0634. The Hall–Kier alpha value is -3.15. The van der Waals surface area contributed by atoms with Gasteiger partial charge < -0.3 is 9.84 Å². The lowest BCUT2D eigenvalue weighted by Crippen LogP contribution is -2.20. The molecule has 0 spiro atoms. The number of hydrazone groups is 1. The Morgan fingerprint density at radius 1 is 1.00 bits per heavy atom. The van der Waals surface area contributed by atoms with E-state index in [-0.39, 0.29) is 18.7 Å². The second-order valence-corrected chi connectivity index (χ2v) is 4.99. The summed E-state index contributed by atoms with van der Waals surface area (Å²) in [5.74, 6) is -0.636. The van der Waals surface area contributed by atoms with Crippen molar-refractivity contribution in [2.24, 2.45) is 5.10 Å². The van der Waals surface area contributed by atoms with E-state index < -0.39 is 5.97 Å². The van der Waals surface area contributed by atoms with Crippen molar-refractivity contribution in [1.82, 2.24) is 5.43 Å². The van der Waals surface area contributed by atoms with Crippen molar-refractivity contribution in [2.75, 3.05) is 7.11 Å². The SMILES string of the molecule is COc1ccc(C(=O)N/N=C(/CCC(=O)O)c2ccccc2)cc1. The third-order valence-electron chi connectivity index (χ3n) is 3.33. The number of nitrogens with one attached hydrogen (secondary N) is 1. The third kappa shape index (κ3) is 4.95. The fourth-order valence-electron chi connectivity index (χ4n) is 2.05. The minimum atomic E-state index is -0.917. The zero-order valence-corrected chi connectivity index (χ0v) is 13.2. The van der Waals surface area contributed by atoms with E-state index in [4.69, 9.17) is 9.84 Å². The number of carbonyl (C=O) groups is 2. The van der Waals surface area contributed by atoms with Gasteiger partial charge in [-0.2, -0.15) is 5.10 Å². The Bertz CT molecular complexity index is 724. The molecule has 0 aliphatic carbocycles. The molecule has 0 aromatic heterocycles. The summed E-state index contributed by atoms with van der Waals surface area (Å²) < 4.78 is 5.04. The van der Waals surface area contributed by atoms with E-state index in [1.807, 2.05) is 30.3 Å². The number of rotatable bonds is 7. The molecule has 24 heavy (non-hydrogen) atoms. The lowest BCUT2D eigenvalue weighted by molar-refractivity contribution is -0.136. The number of benzene rings is 2. The van der Waals surface area contributed by atoms with Crippen LogP contribution < -0.4 is 10.2 Å². The summed E-state index contributed by atoms with van der Waals surface area (Å²) in [5, 5.41) is 13.0. The van der Waals surface area contributed by atoms with Crippen molar-refractivity contribution >= 4 is 17.6 Å². The lowest BCUT2D eigenvalue weighted by Gasteiger charge is -2.07. The van der Waals surface area contributed by atoms with Crippen molar-refractivity contribution in [2.45, 2.75) is 12.8 Å². The first-order chi connectivity index (χ1) is 11.6. The van der Waals surface area contributed by atoms with Crippen LogP contribution in [0.2, 0.25) is 0 Å². The predicted molar refractivity (Wildman–Crippen MR) is 90.3 cm³/mol. The maximum atomic E-state index is 12.1. The van der Waals surface area contributed by atoms with Gasteiger partial charge in [0.05, 0.1) is 19.2 Å². The van der Waals surface area contributed by atoms with E-state index in [1.165, 1.54) is 0 Å². The highest BCUT2D eigenvalue weighted by atomic mass is 16.5. The van der Waals surface area contributed by atoms with Crippen molar-refractivity contribution in [3.8, 4) is 5.75 Å². The van der Waals surface area contributed by atoms with Crippen molar-refractivity contribution in [3.63, 3.8) is 0 Å². The number of nitrogens with zero attached hydrogens (tertiary/aromatic N) is 1. The van der Waals surface area contributed by atoms with Crippen molar-refractivity contribution < 1.29 is 19.4 Å². The molecule has 0 aliphatic heterocycles. The summed E-state index contributed by atoms with van der Waals surface area (Å²) >= 11 is 0. The molecule has 2 aromatic carbocycles. The van der Waals surface area contributed by atoms with Crippen LogP contribution in [-0.4, -0.2) is 29.8 Å². The number of carboxylic acids is 1. The highest BCUT2D eigenvalue weighted by Gasteiger charge is 2.09. The molecular formula is C18H18N2O4. The Labute approximate surface area is 139 Å². The van der Waals surface area contributed by atoms with Gasteiger partial charge in [0, 0.05) is 12.0 Å². The largest absolute Gasteiger partial charge is 0.497 e. The Morgan fingerprint density at radius 3 is 2.25 bits per heavy atom. The molecule has 1 amide bonds.